The molecule has 1 unspecified atom stereocenters. The van der Waals surface area contributed by atoms with E-state index >= 15 is 0 Å². The zero-order chi connectivity index (χ0) is 14.0. The lowest BCUT2D eigenvalue weighted by atomic mass is 10.2. The number of nitro benzene ring substituents is 1. The Bertz CT molecular complexity index is 614. The predicted molar refractivity (Wildman–Crippen MR) is 63.2 cm³/mol. The monoisotopic (exact) mass is 266 g/mol. The molecule has 100 valence electrons. The Balaban J connectivity index is 2.49. The van der Waals surface area contributed by atoms with Gasteiger partial charge in [0.15, 0.2) is 0 Å². The molecule has 8 heteroatoms. The Morgan fingerprint density at radius 2 is 2.32 bits per heavy atom. The Labute approximate surface area is 107 Å². The van der Waals surface area contributed by atoms with Gasteiger partial charge in [0, 0.05) is 12.1 Å². The summed E-state index contributed by atoms with van der Waals surface area (Å²) in [7, 11) is 0. The van der Waals surface area contributed by atoms with Crippen LogP contribution < -0.4 is 0 Å². The third-order valence-corrected chi connectivity index (χ3v) is 2.62. The summed E-state index contributed by atoms with van der Waals surface area (Å²) in [5, 5.41) is 27.9. The summed E-state index contributed by atoms with van der Waals surface area (Å²) in [6.45, 7) is 1.76. The van der Waals surface area contributed by atoms with E-state index in [1.54, 1.807) is 6.92 Å². The van der Waals surface area contributed by atoms with Crippen LogP contribution in [0.4, 0.5) is 10.1 Å². The van der Waals surface area contributed by atoms with Gasteiger partial charge in [-0.2, -0.15) is 0 Å². The quantitative estimate of drug-likeness (QED) is 0.672. The summed E-state index contributed by atoms with van der Waals surface area (Å²) >= 11 is 0. The van der Waals surface area contributed by atoms with Crippen LogP contribution in [-0.2, 0) is 0 Å². The zero-order valence-electron chi connectivity index (χ0n) is 10.0. The number of hydrogen-bond acceptors (Lipinski definition) is 5. The van der Waals surface area contributed by atoms with Crippen LogP contribution in [0.25, 0.3) is 5.69 Å². The zero-order valence-corrected chi connectivity index (χ0v) is 10.0. The van der Waals surface area contributed by atoms with Gasteiger partial charge in [0.05, 0.1) is 17.2 Å². The van der Waals surface area contributed by atoms with E-state index in [-0.39, 0.29) is 17.1 Å². The number of halogens is 1. The molecule has 2 aromatic rings. The molecule has 0 amide bonds. The highest BCUT2D eigenvalue weighted by Crippen LogP contribution is 2.24. The van der Waals surface area contributed by atoms with Gasteiger partial charge in [0.2, 0.25) is 0 Å². The van der Waals surface area contributed by atoms with Crippen molar-refractivity contribution >= 4 is 5.69 Å². The van der Waals surface area contributed by atoms with E-state index < -0.39 is 16.8 Å². The molecule has 1 atom stereocenters. The largest absolute Gasteiger partial charge is 0.387 e. The third-order valence-electron chi connectivity index (χ3n) is 2.62. The number of benzene rings is 1. The molecular weight excluding hydrogens is 255 g/mol. The van der Waals surface area contributed by atoms with E-state index in [2.05, 4.69) is 10.3 Å². The van der Waals surface area contributed by atoms with Crippen molar-refractivity contribution in [3.05, 3.63) is 46.0 Å². The first-order valence-electron chi connectivity index (χ1n) is 5.57. The van der Waals surface area contributed by atoms with Crippen LogP contribution in [0.2, 0.25) is 0 Å². The van der Waals surface area contributed by atoms with Crippen molar-refractivity contribution in [2.75, 3.05) is 0 Å². The van der Waals surface area contributed by atoms with E-state index in [0.29, 0.717) is 6.42 Å². The molecule has 7 nitrogen and oxygen atoms in total. The van der Waals surface area contributed by atoms with Gasteiger partial charge in [-0.1, -0.05) is 12.1 Å². The summed E-state index contributed by atoms with van der Waals surface area (Å²) in [5.41, 5.74) is -0.0445. The summed E-state index contributed by atoms with van der Waals surface area (Å²) in [6.07, 6.45) is 0.973. The number of rotatable bonds is 4. The van der Waals surface area contributed by atoms with Gasteiger partial charge in [-0.3, -0.25) is 10.1 Å². The second-order valence-corrected chi connectivity index (χ2v) is 3.90. The molecule has 0 saturated carbocycles. The summed E-state index contributed by atoms with van der Waals surface area (Å²) in [4.78, 5) is 10.2. The van der Waals surface area contributed by atoms with Gasteiger partial charge in [0.1, 0.15) is 17.2 Å². The molecular formula is C11H11FN4O3. The summed E-state index contributed by atoms with van der Waals surface area (Å²) in [6, 6.07) is 3.05. The molecule has 0 aliphatic rings. The average molecular weight is 266 g/mol. The summed E-state index contributed by atoms with van der Waals surface area (Å²) in [5.74, 6) is -0.617. The molecule has 0 bridgehead atoms. The Hall–Kier alpha value is -2.35. The van der Waals surface area contributed by atoms with Crippen LogP contribution in [0.5, 0.6) is 0 Å². The number of aromatic nitrogens is 3. The number of aliphatic hydroxyl groups is 1. The highest BCUT2D eigenvalue weighted by Gasteiger charge is 2.19. The standard InChI is InChI=1S/C11H11FN4O3/c1-2-11(17)8-6-15(14-13-8)10-5-7(12)3-4-9(10)16(18)19/h3-6,11,17H,2H2,1H3. The van der Waals surface area contributed by atoms with Crippen molar-refractivity contribution in [3.8, 4) is 5.69 Å². The first-order valence-corrected chi connectivity index (χ1v) is 5.57. The lowest BCUT2D eigenvalue weighted by Gasteiger charge is -2.02. The van der Waals surface area contributed by atoms with Crippen molar-refractivity contribution in [1.29, 1.82) is 0 Å². The van der Waals surface area contributed by atoms with Gasteiger partial charge in [-0.25, -0.2) is 9.07 Å². The SMILES string of the molecule is CCC(O)c1cn(-c2cc(F)ccc2[N+](=O)[O-])nn1. The normalized spacial score (nSPS) is 12.4. The van der Waals surface area contributed by atoms with E-state index in [1.807, 2.05) is 0 Å². The molecule has 0 radical (unpaired) electrons. The van der Waals surface area contributed by atoms with E-state index in [4.69, 9.17) is 0 Å². The Morgan fingerprint density at radius 3 is 2.95 bits per heavy atom. The minimum Gasteiger partial charge on any atom is -0.387 e. The summed E-state index contributed by atoms with van der Waals surface area (Å²) < 4.78 is 14.3. The smallest absolute Gasteiger partial charge is 0.295 e. The van der Waals surface area contributed by atoms with Crippen molar-refractivity contribution in [3.63, 3.8) is 0 Å². The first kappa shape index (κ1) is 13.1. The van der Waals surface area contributed by atoms with Crippen LogP contribution in [0.3, 0.4) is 0 Å². The fourth-order valence-corrected chi connectivity index (χ4v) is 1.59. The molecule has 0 saturated heterocycles. The highest BCUT2D eigenvalue weighted by atomic mass is 19.1. The molecule has 1 N–H and O–H groups in total. The second kappa shape index (κ2) is 5.11. The van der Waals surface area contributed by atoms with E-state index in [9.17, 15) is 19.6 Å². The van der Waals surface area contributed by atoms with Crippen molar-refractivity contribution in [2.45, 2.75) is 19.4 Å². The average Bonchev–Trinajstić information content (AvgIpc) is 2.86. The number of aliphatic hydroxyl groups excluding tert-OH is 1. The second-order valence-electron chi connectivity index (χ2n) is 3.90. The minimum absolute atomic E-state index is 0.0351. The topological polar surface area (TPSA) is 94.1 Å². The number of hydrogen-bond donors (Lipinski definition) is 1. The van der Waals surface area contributed by atoms with Gasteiger partial charge in [0.25, 0.3) is 5.69 Å². The molecule has 0 aliphatic heterocycles. The Kier molecular flexibility index (Phi) is 3.52. The molecule has 0 fully saturated rings. The van der Waals surface area contributed by atoms with Gasteiger partial charge in [-0.05, 0) is 12.5 Å². The molecule has 19 heavy (non-hydrogen) atoms. The highest BCUT2D eigenvalue weighted by molar-refractivity contribution is 5.51. The van der Waals surface area contributed by atoms with Gasteiger partial charge < -0.3 is 5.11 Å². The van der Waals surface area contributed by atoms with Crippen LogP contribution in [0.1, 0.15) is 25.1 Å². The molecule has 0 aliphatic carbocycles. The van der Waals surface area contributed by atoms with E-state index in [0.717, 1.165) is 22.9 Å². The molecule has 1 aromatic carbocycles. The maximum atomic E-state index is 13.2. The number of nitro groups is 1. The molecule has 1 aromatic heterocycles. The van der Waals surface area contributed by atoms with Crippen LogP contribution in [-0.4, -0.2) is 25.0 Å². The first-order chi connectivity index (χ1) is 9.02. The van der Waals surface area contributed by atoms with Gasteiger partial charge in [-0.15, -0.1) is 5.10 Å². The van der Waals surface area contributed by atoms with Gasteiger partial charge >= 0.3 is 0 Å². The number of nitrogens with zero attached hydrogens (tertiary/aromatic N) is 4. The predicted octanol–water partition coefficient (Wildman–Crippen LogP) is 1.76. The van der Waals surface area contributed by atoms with Crippen molar-refractivity contribution in [1.82, 2.24) is 15.0 Å². The van der Waals surface area contributed by atoms with Crippen LogP contribution >= 0.6 is 0 Å². The lowest BCUT2D eigenvalue weighted by Crippen LogP contribution is -2.01. The fraction of sp³-hybridized carbons (Fsp3) is 0.273. The molecule has 0 spiro atoms. The van der Waals surface area contributed by atoms with Crippen molar-refractivity contribution < 1.29 is 14.4 Å². The minimum atomic E-state index is -0.804. The van der Waals surface area contributed by atoms with Crippen molar-refractivity contribution in [2.24, 2.45) is 0 Å². The van der Waals surface area contributed by atoms with E-state index in [1.165, 1.54) is 6.20 Å². The molecule has 1 heterocycles. The lowest BCUT2D eigenvalue weighted by molar-refractivity contribution is -0.384. The van der Waals surface area contributed by atoms with Crippen LogP contribution in [0.15, 0.2) is 24.4 Å². The Morgan fingerprint density at radius 1 is 1.58 bits per heavy atom. The molecule has 2 rings (SSSR count). The fourth-order valence-electron chi connectivity index (χ4n) is 1.59. The van der Waals surface area contributed by atoms with Crippen LogP contribution in [0, 0.1) is 15.9 Å². The third kappa shape index (κ3) is 2.58. The maximum absolute atomic E-state index is 13.2. The maximum Gasteiger partial charge on any atom is 0.295 e.